The van der Waals surface area contributed by atoms with Crippen LogP contribution in [-0.4, -0.2) is 23.4 Å². The minimum absolute atomic E-state index is 0.00570. The fraction of sp³-hybridized carbons (Fsp3) is 0.500. The number of benzene rings is 1. The maximum atomic E-state index is 12.3. The molecule has 1 aliphatic carbocycles. The van der Waals surface area contributed by atoms with Crippen LogP contribution < -0.4 is 11.1 Å². The Morgan fingerprint density at radius 1 is 1.43 bits per heavy atom. The molecular formula is C14H18ClN3O3. The summed E-state index contributed by atoms with van der Waals surface area (Å²) < 4.78 is 0. The fourth-order valence-corrected chi connectivity index (χ4v) is 2.95. The van der Waals surface area contributed by atoms with Gasteiger partial charge in [-0.15, -0.1) is 0 Å². The zero-order valence-corrected chi connectivity index (χ0v) is 12.3. The van der Waals surface area contributed by atoms with Crippen LogP contribution in [0.5, 0.6) is 0 Å². The van der Waals surface area contributed by atoms with Gasteiger partial charge in [0, 0.05) is 17.1 Å². The van der Waals surface area contributed by atoms with Crippen molar-refractivity contribution < 1.29 is 9.72 Å². The average molecular weight is 312 g/mol. The monoisotopic (exact) mass is 311 g/mol. The van der Waals surface area contributed by atoms with Gasteiger partial charge in [0.05, 0.1) is 4.92 Å². The minimum atomic E-state index is -0.577. The predicted octanol–water partition coefficient (Wildman–Crippen LogP) is 2.50. The molecule has 1 saturated carbocycles. The first-order valence-corrected chi connectivity index (χ1v) is 7.35. The molecule has 0 spiro atoms. The second-order valence-corrected chi connectivity index (χ2v) is 5.72. The van der Waals surface area contributed by atoms with Crippen LogP contribution in [0.4, 0.5) is 5.69 Å². The van der Waals surface area contributed by atoms with Gasteiger partial charge in [0.1, 0.15) is 5.56 Å². The highest BCUT2D eigenvalue weighted by molar-refractivity contribution is 6.31. The van der Waals surface area contributed by atoms with E-state index in [4.69, 9.17) is 17.3 Å². The molecule has 0 aromatic heterocycles. The summed E-state index contributed by atoms with van der Waals surface area (Å²) in [6.07, 6.45) is 3.95. The van der Waals surface area contributed by atoms with Crippen LogP contribution in [-0.2, 0) is 0 Å². The molecule has 0 saturated heterocycles. The van der Waals surface area contributed by atoms with E-state index >= 15 is 0 Å². The SMILES string of the molecule is NCC1CCCCC1NC(=O)c1cc(Cl)ccc1[N+](=O)[O-]. The van der Waals surface area contributed by atoms with Crippen molar-refractivity contribution in [1.29, 1.82) is 0 Å². The minimum Gasteiger partial charge on any atom is -0.349 e. The van der Waals surface area contributed by atoms with Gasteiger partial charge >= 0.3 is 0 Å². The Morgan fingerprint density at radius 3 is 2.81 bits per heavy atom. The van der Waals surface area contributed by atoms with E-state index in [0.717, 1.165) is 25.7 Å². The standard InChI is InChI=1S/C14H18ClN3O3/c15-10-5-6-13(18(20)21)11(7-10)14(19)17-12-4-2-1-3-9(12)8-16/h5-7,9,12H,1-4,8,16H2,(H,17,19). The highest BCUT2D eigenvalue weighted by Gasteiger charge is 2.28. The molecule has 1 fully saturated rings. The zero-order chi connectivity index (χ0) is 15.4. The van der Waals surface area contributed by atoms with Crippen LogP contribution in [0, 0.1) is 16.0 Å². The van der Waals surface area contributed by atoms with Crippen LogP contribution in [0.25, 0.3) is 0 Å². The van der Waals surface area contributed by atoms with E-state index < -0.39 is 10.8 Å². The summed E-state index contributed by atoms with van der Waals surface area (Å²) in [4.78, 5) is 22.8. The van der Waals surface area contributed by atoms with Crippen molar-refractivity contribution in [2.75, 3.05) is 6.54 Å². The molecule has 0 heterocycles. The van der Waals surface area contributed by atoms with Crippen LogP contribution >= 0.6 is 11.6 Å². The Hall–Kier alpha value is -1.66. The van der Waals surface area contributed by atoms with Crippen molar-refractivity contribution >= 4 is 23.2 Å². The van der Waals surface area contributed by atoms with Gasteiger partial charge < -0.3 is 11.1 Å². The Morgan fingerprint density at radius 2 is 2.14 bits per heavy atom. The smallest absolute Gasteiger partial charge is 0.282 e. The molecule has 6 nitrogen and oxygen atoms in total. The van der Waals surface area contributed by atoms with Crippen molar-refractivity contribution in [2.24, 2.45) is 11.7 Å². The van der Waals surface area contributed by atoms with Gasteiger partial charge in [0.25, 0.3) is 11.6 Å². The van der Waals surface area contributed by atoms with Crippen molar-refractivity contribution in [2.45, 2.75) is 31.7 Å². The fourth-order valence-electron chi connectivity index (χ4n) is 2.78. The van der Waals surface area contributed by atoms with E-state index in [-0.39, 0.29) is 23.2 Å². The topological polar surface area (TPSA) is 98.3 Å². The number of hydrogen-bond acceptors (Lipinski definition) is 4. The lowest BCUT2D eigenvalue weighted by Gasteiger charge is -2.31. The maximum absolute atomic E-state index is 12.3. The first-order valence-electron chi connectivity index (χ1n) is 6.97. The normalized spacial score (nSPS) is 21.8. The summed E-state index contributed by atoms with van der Waals surface area (Å²) in [6.45, 7) is 0.503. The molecule has 2 rings (SSSR count). The lowest BCUT2D eigenvalue weighted by atomic mass is 9.84. The Balaban J connectivity index is 2.19. The number of rotatable bonds is 4. The zero-order valence-electron chi connectivity index (χ0n) is 11.5. The molecule has 114 valence electrons. The molecule has 1 aliphatic rings. The van der Waals surface area contributed by atoms with E-state index in [1.165, 1.54) is 18.2 Å². The predicted molar refractivity (Wildman–Crippen MR) is 80.4 cm³/mol. The second-order valence-electron chi connectivity index (χ2n) is 5.28. The number of carbonyl (C=O) groups is 1. The van der Waals surface area contributed by atoms with Crippen LogP contribution in [0.1, 0.15) is 36.0 Å². The first kappa shape index (κ1) is 15.7. The molecule has 2 atom stereocenters. The van der Waals surface area contributed by atoms with Gasteiger partial charge in [-0.25, -0.2) is 0 Å². The number of nitro groups is 1. The van der Waals surface area contributed by atoms with Crippen LogP contribution in [0.15, 0.2) is 18.2 Å². The number of hydrogen-bond donors (Lipinski definition) is 2. The summed E-state index contributed by atoms with van der Waals surface area (Å²) >= 11 is 5.84. The van der Waals surface area contributed by atoms with Gasteiger partial charge in [-0.2, -0.15) is 0 Å². The molecular weight excluding hydrogens is 294 g/mol. The molecule has 1 aromatic carbocycles. The summed E-state index contributed by atoms with van der Waals surface area (Å²) in [7, 11) is 0. The summed E-state index contributed by atoms with van der Waals surface area (Å²) in [6, 6.07) is 3.95. The quantitative estimate of drug-likeness (QED) is 0.659. The van der Waals surface area contributed by atoms with Crippen molar-refractivity contribution in [3.05, 3.63) is 38.9 Å². The number of nitro benzene ring substituents is 1. The molecule has 3 N–H and O–H groups in total. The second kappa shape index (κ2) is 6.87. The average Bonchev–Trinajstić information content (AvgIpc) is 2.47. The van der Waals surface area contributed by atoms with Crippen LogP contribution in [0.2, 0.25) is 5.02 Å². The molecule has 21 heavy (non-hydrogen) atoms. The molecule has 1 aromatic rings. The first-order chi connectivity index (χ1) is 10.0. The van der Waals surface area contributed by atoms with Crippen LogP contribution in [0.3, 0.4) is 0 Å². The van der Waals surface area contributed by atoms with Gasteiger partial charge in [-0.1, -0.05) is 24.4 Å². The highest BCUT2D eigenvalue weighted by Crippen LogP contribution is 2.26. The summed E-state index contributed by atoms with van der Waals surface area (Å²) in [5.74, 6) is -0.240. The lowest BCUT2D eigenvalue weighted by molar-refractivity contribution is -0.385. The molecule has 0 radical (unpaired) electrons. The Labute approximate surface area is 127 Å². The molecule has 0 aliphatic heterocycles. The van der Waals surface area contributed by atoms with E-state index in [2.05, 4.69) is 5.32 Å². The Kier molecular flexibility index (Phi) is 5.14. The summed E-state index contributed by atoms with van der Waals surface area (Å²) in [5, 5.41) is 14.2. The third-order valence-electron chi connectivity index (χ3n) is 3.93. The maximum Gasteiger partial charge on any atom is 0.282 e. The molecule has 1 amide bonds. The number of carbonyl (C=O) groups excluding carboxylic acids is 1. The largest absolute Gasteiger partial charge is 0.349 e. The van der Waals surface area contributed by atoms with E-state index in [1.54, 1.807) is 0 Å². The molecule has 7 heteroatoms. The number of nitrogens with zero attached hydrogens (tertiary/aromatic N) is 1. The number of halogens is 1. The lowest BCUT2D eigenvalue weighted by Crippen LogP contribution is -2.44. The van der Waals surface area contributed by atoms with Crippen molar-refractivity contribution in [1.82, 2.24) is 5.32 Å². The van der Waals surface area contributed by atoms with Gasteiger partial charge in [-0.3, -0.25) is 14.9 Å². The van der Waals surface area contributed by atoms with Gasteiger partial charge in [0.2, 0.25) is 0 Å². The van der Waals surface area contributed by atoms with E-state index in [9.17, 15) is 14.9 Å². The van der Waals surface area contributed by atoms with Crippen molar-refractivity contribution in [3.8, 4) is 0 Å². The summed E-state index contributed by atoms with van der Waals surface area (Å²) in [5.41, 5.74) is 5.49. The highest BCUT2D eigenvalue weighted by atomic mass is 35.5. The third-order valence-corrected chi connectivity index (χ3v) is 4.16. The Bertz CT molecular complexity index is 550. The van der Waals surface area contributed by atoms with E-state index in [0.29, 0.717) is 11.6 Å². The molecule has 2 unspecified atom stereocenters. The number of nitrogens with one attached hydrogen (secondary N) is 1. The number of amides is 1. The van der Waals surface area contributed by atoms with Gasteiger partial charge in [0.15, 0.2) is 0 Å². The van der Waals surface area contributed by atoms with Crippen molar-refractivity contribution in [3.63, 3.8) is 0 Å². The number of nitrogens with two attached hydrogens (primary N) is 1. The molecule has 0 bridgehead atoms. The van der Waals surface area contributed by atoms with Gasteiger partial charge in [-0.05, 0) is 37.4 Å². The third kappa shape index (κ3) is 3.71. The van der Waals surface area contributed by atoms with E-state index in [1.807, 2.05) is 0 Å².